The molecule has 1 amide bonds. The molecule has 0 atom stereocenters. The van der Waals surface area contributed by atoms with Crippen LogP contribution in [0.1, 0.15) is 18.4 Å². The zero-order valence-corrected chi connectivity index (χ0v) is 14.1. The van der Waals surface area contributed by atoms with E-state index in [0.717, 1.165) is 38.2 Å². The molecule has 0 radical (unpaired) electrons. The quantitative estimate of drug-likeness (QED) is 0.817. The summed E-state index contributed by atoms with van der Waals surface area (Å²) in [6.07, 6.45) is 7.89. The highest BCUT2D eigenvalue weighted by Gasteiger charge is 2.22. The van der Waals surface area contributed by atoms with Gasteiger partial charge in [-0.3, -0.25) is 4.79 Å². The molecule has 0 unspecified atom stereocenters. The average molecular weight is 329 g/mol. The number of hydrogen-bond donors (Lipinski definition) is 0. The Hall–Kier alpha value is -1.75. The lowest BCUT2D eigenvalue weighted by Gasteiger charge is -2.32. The van der Waals surface area contributed by atoms with Crippen LogP contribution in [0.15, 0.2) is 49.1 Å². The average Bonchev–Trinajstić information content (AvgIpc) is 3.09. The molecule has 1 aliphatic rings. The third-order valence-electron chi connectivity index (χ3n) is 4.33. The molecular weight excluding hydrogens is 306 g/mol. The van der Waals surface area contributed by atoms with E-state index in [0.29, 0.717) is 11.7 Å². The highest BCUT2D eigenvalue weighted by atomic mass is 32.2. The predicted octanol–water partition coefficient (Wildman–Crippen LogP) is 3.06. The largest absolute Gasteiger partial charge is 0.342 e. The van der Waals surface area contributed by atoms with Crippen LogP contribution in [0.5, 0.6) is 0 Å². The Morgan fingerprint density at radius 3 is 2.70 bits per heavy atom. The van der Waals surface area contributed by atoms with Crippen molar-refractivity contribution in [1.82, 2.24) is 14.5 Å². The van der Waals surface area contributed by atoms with E-state index in [2.05, 4.69) is 21.7 Å². The van der Waals surface area contributed by atoms with Crippen molar-refractivity contribution < 1.29 is 4.79 Å². The van der Waals surface area contributed by atoms with Crippen molar-refractivity contribution in [3.63, 3.8) is 0 Å². The van der Waals surface area contributed by atoms with E-state index in [1.54, 1.807) is 11.8 Å². The highest BCUT2D eigenvalue weighted by molar-refractivity contribution is 7.99. The Labute approximate surface area is 141 Å². The lowest BCUT2D eigenvalue weighted by atomic mass is 9.97. The van der Waals surface area contributed by atoms with E-state index in [4.69, 9.17) is 0 Å². The van der Waals surface area contributed by atoms with Crippen LogP contribution in [-0.2, 0) is 17.1 Å². The van der Waals surface area contributed by atoms with Gasteiger partial charge >= 0.3 is 0 Å². The summed E-state index contributed by atoms with van der Waals surface area (Å²) in [6, 6.07) is 10.3. The Kier molecular flexibility index (Phi) is 5.75. The summed E-state index contributed by atoms with van der Waals surface area (Å²) in [4.78, 5) is 18.4. The minimum atomic E-state index is 0.284. The standard InChI is InChI=1S/C18H23N3OS/c22-18(14-23-13-17-4-2-1-3-5-17)21-9-6-16(7-10-21)12-20-11-8-19-15-20/h1-5,8,11,15-16H,6-7,9-10,12-14H2. The number of hydrogen-bond acceptors (Lipinski definition) is 3. The van der Waals surface area contributed by atoms with Gasteiger partial charge in [0.25, 0.3) is 0 Å². The topological polar surface area (TPSA) is 38.1 Å². The van der Waals surface area contributed by atoms with Gasteiger partial charge in [0.1, 0.15) is 0 Å². The maximum absolute atomic E-state index is 12.3. The zero-order valence-electron chi connectivity index (χ0n) is 13.3. The normalized spacial score (nSPS) is 15.7. The lowest BCUT2D eigenvalue weighted by Crippen LogP contribution is -2.40. The first-order valence-corrected chi connectivity index (χ1v) is 9.32. The first-order chi connectivity index (χ1) is 11.3. The second-order valence-corrected chi connectivity index (χ2v) is 7.05. The number of rotatable bonds is 6. The van der Waals surface area contributed by atoms with Gasteiger partial charge in [-0.1, -0.05) is 30.3 Å². The number of benzene rings is 1. The van der Waals surface area contributed by atoms with Crippen molar-refractivity contribution in [2.24, 2.45) is 5.92 Å². The molecule has 3 rings (SSSR count). The number of aromatic nitrogens is 2. The van der Waals surface area contributed by atoms with Crippen molar-refractivity contribution in [2.75, 3.05) is 18.8 Å². The Morgan fingerprint density at radius 2 is 2.00 bits per heavy atom. The summed E-state index contributed by atoms with van der Waals surface area (Å²) in [7, 11) is 0. The summed E-state index contributed by atoms with van der Waals surface area (Å²) in [5, 5.41) is 0. The van der Waals surface area contributed by atoms with E-state index in [1.165, 1.54) is 5.56 Å². The minimum absolute atomic E-state index is 0.284. The summed E-state index contributed by atoms with van der Waals surface area (Å²) in [6.45, 7) is 2.80. The fourth-order valence-corrected chi connectivity index (χ4v) is 3.87. The van der Waals surface area contributed by atoms with Crippen LogP contribution in [-0.4, -0.2) is 39.2 Å². The molecule has 1 aromatic heterocycles. The van der Waals surface area contributed by atoms with Gasteiger partial charge in [-0.2, -0.15) is 0 Å². The molecule has 5 heteroatoms. The van der Waals surface area contributed by atoms with Crippen LogP contribution in [0.2, 0.25) is 0 Å². The van der Waals surface area contributed by atoms with Gasteiger partial charge < -0.3 is 9.47 Å². The molecular formula is C18H23N3OS. The Morgan fingerprint density at radius 1 is 1.22 bits per heavy atom. The molecule has 0 bridgehead atoms. The fraction of sp³-hybridized carbons (Fsp3) is 0.444. The van der Waals surface area contributed by atoms with Crippen LogP contribution in [0, 0.1) is 5.92 Å². The minimum Gasteiger partial charge on any atom is -0.342 e. The summed E-state index contributed by atoms with van der Waals surface area (Å²) < 4.78 is 2.14. The van der Waals surface area contributed by atoms with E-state index in [-0.39, 0.29) is 5.91 Å². The molecule has 1 aliphatic heterocycles. The third-order valence-corrected chi connectivity index (χ3v) is 5.32. The van der Waals surface area contributed by atoms with Crippen LogP contribution < -0.4 is 0 Å². The van der Waals surface area contributed by atoms with E-state index < -0.39 is 0 Å². The van der Waals surface area contributed by atoms with Gasteiger partial charge in [0.05, 0.1) is 12.1 Å². The summed E-state index contributed by atoms with van der Waals surface area (Å²) in [5.74, 6) is 2.43. The predicted molar refractivity (Wildman–Crippen MR) is 94.1 cm³/mol. The number of piperidine rings is 1. The van der Waals surface area contributed by atoms with Crippen molar-refractivity contribution in [1.29, 1.82) is 0 Å². The first kappa shape index (κ1) is 16.1. The summed E-state index contributed by atoms with van der Waals surface area (Å²) in [5.41, 5.74) is 1.28. The number of imidazole rings is 1. The number of thioether (sulfide) groups is 1. The van der Waals surface area contributed by atoms with Gasteiger partial charge in [-0.15, -0.1) is 11.8 Å². The van der Waals surface area contributed by atoms with Crippen molar-refractivity contribution in [3.05, 3.63) is 54.6 Å². The molecule has 2 aromatic rings. The number of nitrogens with zero attached hydrogens (tertiary/aromatic N) is 3. The molecule has 0 N–H and O–H groups in total. The van der Waals surface area contributed by atoms with E-state index in [1.807, 2.05) is 41.8 Å². The number of carbonyl (C=O) groups excluding carboxylic acids is 1. The second kappa shape index (κ2) is 8.20. The van der Waals surface area contributed by atoms with Gasteiger partial charge in [0, 0.05) is 37.8 Å². The Balaban J connectivity index is 1.36. The monoisotopic (exact) mass is 329 g/mol. The lowest BCUT2D eigenvalue weighted by molar-refractivity contribution is -0.129. The number of amides is 1. The van der Waals surface area contributed by atoms with Crippen LogP contribution in [0.3, 0.4) is 0 Å². The number of likely N-dealkylation sites (tertiary alicyclic amines) is 1. The molecule has 0 spiro atoms. The molecule has 1 aromatic carbocycles. The van der Waals surface area contributed by atoms with E-state index in [9.17, 15) is 4.79 Å². The van der Waals surface area contributed by atoms with Crippen LogP contribution in [0.25, 0.3) is 0 Å². The van der Waals surface area contributed by atoms with Gasteiger partial charge in [0.15, 0.2) is 0 Å². The molecule has 1 fully saturated rings. The van der Waals surface area contributed by atoms with Crippen molar-refractivity contribution >= 4 is 17.7 Å². The number of carbonyl (C=O) groups is 1. The maximum Gasteiger partial charge on any atom is 0.232 e. The smallest absolute Gasteiger partial charge is 0.232 e. The summed E-state index contributed by atoms with van der Waals surface area (Å²) >= 11 is 1.71. The van der Waals surface area contributed by atoms with Gasteiger partial charge in [-0.05, 0) is 24.3 Å². The molecule has 0 aliphatic carbocycles. The molecule has 4 nitrogen and oxygen atoms in total. The van der Waals surface area contributed by atoms with Gasteiger partial charge in [0.2, 0.25) is 5.91 Å². The van der Waals surface area contributed by atoms with Crippen LogP contribution in [0.4, 0.5) is 0 Å². The maximum atomic E-state index is 12.3. The fourth-order valence-electron chi connectivity index (χ4n) is 2.98. The van der Waals surface area contributed by atoms with E-state index >= 15 is 0 Å². The SMILES string of the molecule is O=C(CSCc1ccccc1)N1CCC(Cn2ccnc2)CC1. The zero-order chi connectivity index (χ0) is 15.9. The van der Waals surface area contributed by atoms with Crippen molar-refractivity contribution in [2.45, 2.75) is 25.1 Å². The van der Waals surface area contributed by atoms with Crippen LogP contribution >= 0.6 is 11.8 Å². The highest BCUT2D eigenvalue weighted by Crippen LogP contribution is 2.20. The molecule has 122 valence electrons. The Bertz CT molecular complexity index is 592. The third kappa shape index (κ3) is 4.86. The first-order valence-electron chi connectivity index (χ1n) is 8.16. The van der Waals surface area contributed by atoms with Crippen molar-refractivity contribution in [3.8, 4) is 0 Å². The molecule has 23 heavy (non-hydrogen) atoms. The van der Waals surface area contributed by atoms with Gasteiger partial charge in [-0.25, -0.2) is 4.98 Å². The molecule has 0 saturated carbocycles. The molecule has 2 heterocycles. The molecule has 1 saturated heterocycles. The second-order valence-electron chi connectivity index (χ2n) is 6.06.